The number of unbranched alkanes of at least 4 members (excludes halogenated alkanes) is 11. The van der Waals surface area contributed by atoms with Crippen molar-refractivity contribution in [3.8, 4) is 11.5 Å². The van der Waals surface area contributed by atoms with Crippen LogP contribution < -0.4 is 20.2 Å². The van der Waals surface area contributed by atoms with Crippen LogP contribution in [0, 0.1) is 0 Å². The van der Waals surface area contributed by atoms with Crippen molar-refractivity contribution in [3.63, 3.8) is 0 Å². The fourth-order valence-corrected chi connectivity index (χ4v) is 4.24. The highest BCUT2D eigenvalue weighted by molar-refractivity contribution is 5.91. The first kappa shape index (κ1) is 34.5. The van der Waals surface area contributed by atoms with E-state index in [-0.39, 0.29) is 12.5 Å². The van der Waals surface area contributed by atoms with Crippen LogP contribution >= 0.6 is 0 Å². The van der Waals surface area contributed by atoms with Gasteiger partial charge in [0, 0.05) is 6.42 Å². The van der Waals surface area contributed by atoms with Crippen LogP contribution in [0.1, 0.15) is 120 Å². The van der Waals surface area contributed by atoms with E-state index in [0.717, 1.165) is 37.9 Å². The molecule has 0 aromatic heterocycles. The van der Waals surface area contributed by atoms with Crippen LogP contribution in [0.25, 0.3) is 0 Å². The van der Waals surface area contributed by atoms with Gasteiger partial charge in [0.05, 0.1) is 24.9 Å². The van der Waals surface area contributed by atoms with Crippen molar-refractivity contribution >= 4 is 24.0 Å². The highest BCUT2D eigenvalue weighted by Crippen LogP contribution is 2.17. The quantitative estimate of drug-likeness (QED) is 0.0499. The zero-order valence-corrected chi connectivity index (χ0v) is 25.5. The predicted molar refractivity (Wildman–Crippen MR) is 168 cm³/mol. The molecule has 2 rings (SSSR count). The molecule has 0 radical (unpaired) electrons. The van der Waals surface area contributed by atoms with E-state index in [1.807, 2.05) is 0 Å². The highest BCUT2D eigenvalue weighted by atomic mass is 16.5. The van der Waals surface area contributed by atoms with Crippen LogP contribution in [0.4, 0.5) is 0 Å². The average molecular weight is 580 g/mol. The van der Waals surface area contributed by atoms with Crippen molar-refractivity contribution in [1.29, 1.82) is 0 Å². The Morgan fingerprint density at radius 2 is 1.26 bits per heavy atom. The maximum Gasteiger partial charge on any atom is 0.343 e. The summed E-state index contributed by atoms with van der Waals surface area (Å²) in [5.41, 5.74) is 3.55. The molecule has 2 aromatic carbocycles. The summed E-state index contributed by atoms with van der Waals surface area (Å²) in [5, 5.41) is 6.57. The number of hydrogen-bond donors (Lipinski definition) is 2. The summed E-state index contributed by atoms with van der Waals surface area (Å²) < 4.78 is 11.0. The number of benzene rings is 2. The summed E-state index contributed by atoms with van der Waals surface area (Å²) in [5.74, 6) is 0.134. The van der Waals surface area contributed by atoms with Crippen LogP contribution in [0.3, 0.4) is 0 Å². The SMILES string of the molecule is CCCCCCCCCCCCCC(=O)NCC(=O)N/N=C/c1ccc(OC(=O)c2ccc(OCCCC)cc2)cc1. The van der Waals surface area contributed by atoms with Gasteiger partial charge in [-0.1, -0.05) is 84.5 Å². The Hall–Kier alpha value is -3.68. The number of hydrazone groups is 1. The van der Waals surface area contributed by atoms with E-state index in [9.17, 15) is 14.4 Å². The lowest BCUT2D eigenvalue weighted by Gasteiger charge is -2.07. The van der Waals surface area contributed by atoms with Gasteiger partial charge in [0.25, 0.3) is 5.91 Å². The van der Waals surface area contributed by atoms with E-state index in [4.69, 9.17) is 9.47 Å². The van der Waals surface area contributed by atoms with E-state index < -0.39 is 11.9 Å². The molecule has 42 heavy (non-hydrogen) atoms. The van der Waals surface area contributed by atoms with Gasteiger partial charge in [-0.2, -0.15) is 5.10 Å². The monoisotopic (exact) mass is 579 g/mol. The lowest BCUT2D eigenvalue weighted by atomic mass is 10.1. The Balaban J connectivity index is 1.56. The predicted octanol–water partition coefficient (Wildman–Crippen LogP) is 7.35. The fourth-order valence-electron chi connectivity index (χ4n) is 4.24. The maximum absolute atomic E-state index is 12.4. The summed E-state index contributed by atoms with van der Waals surface area (Å²) in [7, 11) is 0. The van der Waals surface area contributed by atoms with Crippen LogP contribution in [-0.2, 0) is 9.59 Å². The molecule has 0 aliphatic rings. The maximum atomic E-state index is 12.4. The third-order valence-corrected chi connectivity index (χ3v) is 6.80. The Labute approximate surface area is 251 Å². The first-order valence-electron chi connectivity index (χ1n) is 15.7. The molecule has 2 N–H and O–H groups in total. The second-order valence-corrected chi connectivity index (χ2v) is 10.5. The smallest absolute Gasteiger partial charge is 0.343 e. The third kappa shape index (κ3) is 15.9. The molecule has 0 unspecified atom stereocenters. The van der Waals surface area contributed by atoms with Crippen molar-refractivity contribution in [1.82, 2.24) is 10.7 Å². The van der Waals surface area contributed by atoms with E-state index in [1.165, 1.54) is 57.6 Å². The lowest BCUT2D eigenvalue weighted by Crippen LogP contribution is -2.34. The fraction of sp³-hybridized carbons (Fsp3) is 0.529. The zero-order chi connectivity index (χ0) is 30.3. The molecule has 0 heterocycles. The Morgan fingerprint density at radius 3 is 1.88 bits per heavy atom. The van der Waals surface area contributed by atoms with Gasteiger partial charge in [-0.25, -0.2) is 10.2 Å². The Bertz CT molecular complexity index is 1070. The molecule has 0 saturated heterocycles. The topological polar surface area (TPSA) is 106 Å². The van der Waals surface area contributed by atoms with E-state index in [0.29, 0.717) is 29.9 Å². The van der Waals surface area contributed by atoms with E-state index >= 15 is 0 Å². The van der Waals surface area contributed by atoms with Crippen molar-refractivity contribution in [3.05, 3.63) is 59.7 Å². The number of nitrogens with zero attached hydrogens (tertiary/aromatic N) is 1. The number of amides is 2. The van der Waals surface area contributed by atoms with Crippen molar-refractivity contribution in [2.45, 2.75) is 104 Å². The second-order valence-electron chi connectivity index (χ2n) is 10.5. The van der Waals surface area contributed by atoms with Gasteiger partial charge in [-0.05, 0) is 66.9 Å². The molecule has 2 aromatic rings. The summed E-state index contributed by atoms with van der Waals surface area (Å²) in [6.07, 6.45) is 17.5. The number of hydrogen-bond acceptors (Lipinski definition) is 6. The zero-order valence-electron chi connectivity index (χ0n) is 25.5. The van der Waals surface area contributed by atoms with Crippen molar-refractivity contribution in [2.24, 2.45) is 5.10 Å². The van der Waals surface area contributed by atoms with Crippen LogP contribution in [-0.4, -0.2) is 37.1 Å². The normalized spacial score (nSPS) is 10.9. The third-order valence-electron chi connectivity index (χ3n) is 6.80. The molecule has 230 valence electrons. The number of nitrogens with one attached hydrogen (secondary N) is 2. The first-order chi connectivity index (χ1) is 20.5. The van der Waals surface area contributed by atoms with E-state index in [1.54, 1.807) is 48.5 Å². The number of rotatable bonds is 22. The molecule has 0 atom stereocenters. The van der Waals surface area contributed by atoms with Crippen molar-refractivity contribution in [2.75, 3.05) is 13.2 Å². The molecule has 0 spiro atoms. The van der Waals surface area contributed by atoms with Gasteiger partial charge in [-0.15, -0.1) is 0 Å². The molecular weight excluding hydrogens is 530 g/mol. The minimum absolute atomic E-state index is 0.116. The molecule has 8 nitrogen and oxygen atoms in total. The first-order valence-corrected chi connectivity index (χ1v) is 15.7. The number of ether oxygens (including phenoxy) is 2. The van der Waals surface area contributed by atoms with Crippen molar-refractivity contribution < 1.29 is 23.9 Å². The highest BCUT2D eigenvalue weighted by Gasteiger charge is 2.09. The second kappa shape index (κ2) is 22.0. The van der Waals surface area contributed by atoms with Gasteiger partial charge >= 0.3 is 5.97 Å². The number of esters is 1. The van der Waals surface area contributed by atoms with Gasteiger partial charge in [0.1, 0.15) is 11.5 Å². The Morgan fingerprint density at radius 1 is 0.690 bits per heavy atom. The summed E-state index contributed by atoms with van der Waals surface area (Å²) in [6.45, 7) is 4.87. The molecule has 0 aliphatic heterocycles. The molecule has 0 aliphatic carbocycles. The van der Waals surface area contributed by atoms with Gasteiger partial charge in [0.15, 0.2) is 0 Å². The average Bonchev–Trinajstić information content (AvgIpc) is 3.00. The summed E-state index contributed by atoms with van der Waals surface area (Å²) in [4.78, 5) is 36.4. The van der Waals surface area contributed by atoms with E-state index in [2.05, 4.69) is 29.7 Å². The molecule has 0 saturated carbocycles. The molecular formula is C34H49N3O5. The molecule has 2 amide bonds. The molecule has 8 heteroatoms. The van der Waals surface area contributed by atoms with Crippen LogP contribution in [0.5, 0.6) is 11.5 Å². The van der Waals surface area contributed by atoms with Gasteiger partial charge in [-0.3, -0.25) is 9.59 Å². The summed E-state index contributed by atoms with van der Waals surface area (Å²) >= 11 is 0. The lowest BCUT2D eigenvalue weighted by molar-refractivity contribution is -0.126. The number of carbonyl (C=O) groups is 3. The molecule has 0 bridgehead atoms. The minimum Gasteiger partial charge on any atom is -0.494 e. The standard InChI is InChI=1S/C34H49N3O5/c1-3-5-7-8-9-10-11-12-13-14-15-16-32(38)35-27-33(39)37-36-26-28-17-21-31(22-18-28)42-34(40)29-19-23-30(24-20-29)41-25-6-4-2/h17-24,26H,3-16,25,27H2,1-2H3,(H,35,38)(H,37,39)/b36-26+. The van der Waals surface area contributed by atoms with Crippen LogP contribution in [0.2, 0.25) is 0 Å². The summed E-state index contributed by atoms with van der Waals surface area (Å²) in [6, 6.07) is 13.6. The largest absolute Gasteiger partial charge is 0.494 e. The molecule has 0 fully saturated rings. The van der Waals surface area contributed by atoms with Gasteiger partial charge < -0.3 is 14.8 Å². The Kier molecular flexibility index (Phi) is 18.1. The minimum atomic E-state index is -0.464. The van der Waals surface area contributed by atoms with Gasteiger partial charge in [0.2, 0.25) is 5.91 Å². The number of carbonyl (C=O) groups excluding carboxylic acids is 3. The van der Waals surface area contributed by atoms with Crippen LogP contribution in [0.15, 0.2) is 53.6 Å².